The van der Waals surface area contributed by atoms with Gasteiger partial charge < -0.3 is 21.5 Å². The van der Waals surface area contributed by atoms with E-state index in [2.05, 4.69) is 10.6 Å². The van der Waals surface area contributed by atoms with Gasteiger partial charge in [0.2, 0.25) is 5.91 Å². The standard InChI is InChI=1S/C12H21N3O4/c1-8(9(13)16)14-11(19)15-12(10(17)18)6-4-2-3-5-7-12/h8H,2-7H2,1H3,(H2,13,16)(H,17,18)(H2,14,15,19). The lowest BCUT2D eigenvalue weighted by molar-refractivity contribution is -0.145. The van der Waals surface area contributed by atoms with Crippen molar-refractivity contribution in [1.82, 2.24) is 10.6 Å². The van der Waals surface area contributed by atoms with Gasteiger partial charge in [0, 0.05) is 0 Å². The first kappa shape index (κ1) is 15.3. The molecule has 3 amide bonds. The monoisotopic (exact) mass is 271 g/mol. The minimum Gasteiger partial charge on any atom is -0.480 e. The molecule has 0 aliphatic heterocycles. The van der Waals surface area contributed by atoms with Crippen LogP contribution in [0, 0.1) is 0 Å². The molecule has 1 aliphatic carbocycles. The van der Waals surface area contributed by atoms with Crippen LogP contribution in [0.2, 0.25) is 0 Å². The van der Waals surface area contributed by atoms with E-state index in [4.69, 9.17) is 5.73 Å². The molecule has 1 atom stereocenters. The third-order valence-electron chi connectivity index (χ3n) is 3.49. The van der Waals surface area contributed by atoms with Gasteiger partial charge in [0.15, 0.2) is 0 Å². The van der Waals surface area contributed by atoms with E-state index in [1.54, 1.807) is 0 Å². The molecule has 0 aromatic carbocycles. The van der Waals surface area contributed by atoms with Crippen molar-refractivity contribution in [2.24, 2.45) is 5.73 Å². The van der Waals surface area contributed by atoms with E-state index in [1.807, 2.05) is 0 Å². The van der Waals surface area contributed by atoms with E-state index >= 15 is 0 Å². The first-order valence-corrected chi connectivity index (χ1v) is 6.49. The second-order valence-electron chi connectivity index (χ2n) is 5.02. The molecule has 0 heterocycles. The normalized spacial score (nSPS) is 19.8. The predicted octanol–water partition coefficient (Wildman–Crippen LogP) is 0.337. The van der Waals surface area contributed by atoms with Gasteiger partial charge in [-0.05, 0) is 19.8 Å². The molecule has 1 fully saturated rings. The Morgan fingerprint density at radius 1 is 1.16 bits per heavy atom. The third kappa shape index (κ3) is 4.11. The highest BCUT2D eigenvalue weighted by atomic mass is 16.4. The van der Waals surface area contributed by atoms with Gasteiger partial charge in [-0.2, -0.15) is 0 Å². The molecule has 19 heavy (non-hydrogen) atoms. The molecule has 1 saturated carbocycles. The number of hydrogen-bond acceptors (Lipinski definition) is 3. The maximum Gasteiger partial charge on any atom is 0.329 e. The van der Waals surface area contributed by atoms with Gasteiger partial charge in [-0.1, -0.05) is 25.7 Å². The zero-order valence-electron chi connectivity index (χ0n) is 11.1. The third-order valence-corrected chi connectivity index (χ3v) is 3.49. The van der Waals surface area contributed by atoms with Crippen LogP contribution >= 0.6 is 0 Å². The number of urea groups is 1. The van der Waals surface area contributed by atoms with Crippen molar-refractivity contribution in [3.63, 3.8) is 0 Å². The number of carbonyl (C=O) groups is 3. The maximum absolute atomic E-state index is 11.8. The first-order chi connectivity index (χ1) is 8.87. The fourth-order valence-electron chi connectivity index (χ4n) is 2.25. The van der Waals surface area contributed by atoms with Crippen LogP contribution in [0.3, 0.4) is 0 Å². The number of primary amides is 1. The number of amides is 3. The largest absolute Gasteiger partial charge is 0.480 e. The van der Waals surface area contributed by atoms with E-state index in [0.29, 0.717) is 12.8 Å². The van der Waals surface area contributed by atoms with Crippen molar-refractivity contribution in [3.8, 4) is 0 Å². The molecule has 0 spiro atoms. The molecule has 0 aromatic heterocycles. The van der Waals surface area contributed by atoms with Gasteiger partial charge in [0.1, 0.15) is 11.6 Å². The average Bonchev–Trinajstić information content (AvgIpc) is 2.55. The van der Waals surface area contributed by atoms with Crippen LogP contribution in [-0.4, -0.2) is 34.6 Å². The Morgan fingerprint density at radius 3 is 2.11 bits per heavy atom. The number of nitrogens with two attached hydrogens (primary N) is 1. The smallest absolute Gasteiger partial charge is 0.329 e. The van der Waals surface area contributed by atoms with E-state index in [0.717, 1.165) is 25.7 Å². The van der Waals surface area contributed by atoms with E-state index in [9.17, 15) is 19.5 Å². The van der Waals surface area contributed by atoms with Crippen molar-refractivity contribution < 1.29 is 19.5 Å². The van der Waals surface area contributed by atoms with Crippen LogP contribution in [0.25, 0.3) is 0 Å². The number of carbonyl (C=O) groups excluding carboxylic acids is 2. The molecule has 0 radical (unpaired) electrons. The zero-order chi connectivity index (χ0) is 14.5. The quantitative estimate of drug-likeness (QED) is 0.551. The highest BCUT2D eigenvalue weighted by molar-refractivity contribution is 5.89. The van der Waals surface area contributed by atoms with E-state index in [-0.39, 0.29) is 0 Å². The zero-order valence-corrected chi connectivity index (χ0v) is 11.1. The Bertz CT molecular complexity index is 362. The molecule has 0 aromatic rings. The second-order valence-corrected chi connectivity index (χ2v) is 5.02. The summed E-state index contributed by atoms with van der Waals surface area (Å²) in [6.45, 7) is 1.45. The van der Waals surface area contributed by atoms with E-state index in [1.165, 1.54) is 6.92 Å². The fraction of sp³-hybridized carbons (Fsp3) is 0.750. The highest BCUT2D eigenvalue weighted by Crippen LogP contribution is 2.27. The Balaban J connectivity index is 2.70. The number of hydrogen-bond donors (Lipinski definition) is 4. The molecule has 1 rings (SSSR count). The van der Waals surface area contributed by atoms with E-state index < -0.39 is 29.5 Å². The van der Waals surface area contributed by atoms with Crippen molar-refractivity contribution in [1.29, 1.82) is 0 Å². The van der Waals surface area contributed by atoms with Gasteiger partial charge in [-0.15, -0.1) is 0 Å². The van der Waals surface area contributed by atoms with Crippen LogP contribution in [0.5, 0.6) is 0 Å². The van der Waals surface area contributed by atoms with Gasteiger partial charge in [-0.3, -0.25) is 4.79 Å². The molecule has 1 aliphatic rings. The summed E-state index contributed by atoms with van der Waals surface area (Å²) in [5.74, 6) is -1.70. The van der Waals surface area contributed by atoms with Crippen LogP contribution in [0.1, 0.15) is 45.4 Å². The number of nitrogens with one attached hydrogen (secondary N) is 2. The molecule has 5 N–H and O–H groups in total. The van der Waals surface area contributed by atoms with Crippen molar-refractivity contribution in [3.05, 3.63) is 0 Å². The minimum absolute atomic E-state index is 0.403. The summed E-state index contributed by atoms with van der Waals surface area (Å²) in [5, 5.41) is 14.2. The second kappa shape index (κ2) is 6.40. The van der Waals surface area contributed by atoms with Crippen LogP contribution < -0.4 is 16.4 Å². The Hall–Kier alpha value is -1.79. The topological polar surface area (TPSA) is 122 Å². The highest BCUT2D eigenvalue weighted by Gasteiger charge is 2.40. The molecule has 0 bridgehead atoms. The van der Waals surface area contributed by atoms with Crippen molar-refractivity contribution in [2.75, 3.05) is 0 Å². The molecular weight excluding hydrogens is 250 g/mol. The summed E-state index contributed by atoms with van der Waals surface area (Å²) < 4.78 is 0. The molecule has 1 unspecified atom stereocenters. The summed E-state index contributed by atoms with van der Waals surface area (Å²) in [7, 11) is 0. The van der Waals surface area contributed by atoms with Gasteiger partial charge in [0.05, 0.1) is 0 Å². The number of aliphatic carboxylic acids is 1. The van der Waals surface area contributed by atoms with Crippen LogP contribution in [-0.2, 0) is 9.59 Å². The summed E-state index contributed by atoms with van der Waals surface area (Å²) in [5.41, 5.74) is 3.80. The molecule has 0 saturated heterocycles. The van der Waals surface area contributed by atoms with Gasteiger partial charge >= 0.3 is 12.0 Å². The summed E-state index contributed by atoms with van der Waals surface area (Å²) in [4.78, 5) is 34.1. The number of carboxylic acid groups (broad SMARTS) is 1. The molecule has 108 valence electrons. The Kier molecular flexibility index (Phi) is 5.14. The van der Waals surface area contributed by atoms with Crippen molar-refractivity contribution >= 4 is 17.9 Å². The average molecular weight is 271 g/mol. The molecule has 7 nitrogen and oxygen atoms in total. The lowest BCUT2D eigenvalue weighted by Crippen LogP contribution is -2.59. The fourth-order valence-corrected chi connectivity index (χ4v) is 2.25. The van der Waals surface area contributed by atoms with Crippen LogP contribution in [0.4, 0.5) is 4.79 Å². The summed E-state index contributed by atoms with van der Waals surface area (Å²) in [6.07, 6.45) is 4.27. The Labute approximate surface area is 111 Å². The SMILES string of the molecule is CC(NC(=O)NC1(C(=O)O)CCCCCC1)C(N)=O. The molecular formula is C12H21N3O4. The minimum atomic E-state index is -1.24. The number of rotatable bonds is 4. The van der Waals surface area contributed by atoms with Gasteiger partial charge in [0.25, 0.3) is 0 Å². The summed E-state index contributed by atoms with van der Waals surface area (Å²) in [6, 6.07) is -1.51. The van der Waals surface area contributed by atoms with Crippen molar-refractivity contribution in [2.45, 2.75) is 57.0 Å². The molecule has 7 heteroatoms. The van der Waals surface area contributed by atoms with Gasteiger partial charge in [-0.25, -0.2) is 9.59 Å². The summed E-state index contributed by atoms with van der Waals surface area (Å²) >= 11 is 0. The predicted molar refractivity (Wildman–Crippen MR) is 68.4 cm³/mol. The number of carboxylic acids is 1. The lowest BCUT2D eigenvalue weighted by atomic mass is 9.90. The lowest BCUT2D eigenvalue weighted by Gasteiger charge is -2.29. The Morgan fingerprint density at radius 2 is 1.68 bits per heavy atom. The van der Waals surface area contributed by atoms with Crippen LogP contribution in [0.15, 0.2) is 0 Å². The maximum atomic E-state index is 11.8. The first-order valence-electron chi connectivity index (χ1n) is 6.49.